The molecule has 0 aliphatic carbocycles. The Morgan fingerprint density at radius 1 is 1.42 bits per heavy atom. The molecule has 6 heteroatoms. The summed E-state index contributed by atoms with van der Waals surface area (Å²) < 4.78 is 12.9. The number of carbonyl (C=O) groups is 1. The Morgan fingerprint density at radius 3 is 3.00 bits per heavy atom. The third-order valence-electron chi connectivity index (χ3n) is 5.22. The molecule has 1 atom stereocenters. The molecule has 2 fully saturated rings. The first kappa shape index (κ1) is 15.6. The van der Waals surface area contributed by atoms with Crippen LogP contribution in [0, 0.1) is 5.92 Å². The highest BCUT2D eigenvalue weighted by molar-refractivity contribution is 6.05. The van der Waals surface area contributed by atoms with E-state index < -0.39 is 0 Å². The Kier molecular flexibility index (Phi) is 3.81. The number of nitrogens with zero attached hydrogens (tertiary/aromatic N) is 3. The molecule has 0 saturated carbocycles. The van der Waals surface area contributed by atoms with Gasteiger partial charge in [0.1, 0.15) is 5.60 Å². The summed E-state index contributed by atoms with van der Waals surface area (Å²) in [6.07, 6.45) is 2.04. The average molecular weight is 329 g/mol. The second-order valence-corrected chi connectivity index (χ2v) is 7.00. The van der Waals surface area contributed by atoms with Crippen molar-refractivity contribution in [3.05, 3.63) is 30.0 Å². The van der Waals surface area contributed by atoms with Gasteiger partial charge in [0.15, 0.2) is 5.69 Å². The molecule has 6 nitrogen and oxygen atoms in total. The maximum Gasteiger partial charge on any atom is 0.275 e. The number of fused-ring (bicyclic) bond motifs is 1. The van der Waals surface area contributed by atoms with Crippen LogP contribution in [-0.4, -0.2) is 59.6 Å². The van der Waals surface area contributed by atoms with Gasteiger partial charge in [-0.05, 0) is 24.8 Å². The van der Waals surface area contributed by atoms with E-state index in [0.717, 1.165) is 37.0 Å². The van der Waals surface area contributed by atoms with Crippen molar-refractivity contribution in [1.82, 2.24) is 14.7 Å². The first-order valence-corrected chi connectivity index (χ1v) is 8.46. The van der Waals surface area contributed by atoms with Gasteiger partial charge in [0.05, 0.1) is 25.2 Å². The molecule has 2 aliphatic rings. The molecule has 2 aliphatic heterocycles. The Labute approximate surface area is 141 Å². The zero-order valence-electron chi connectivity index (χ0n) is 14.2. The summed E-state index contributed by atoms with van der Waals surface area (Å²) in [4.78, 5) is 14.7. The van der Waals surface area contributed by atoms with Crippen LogP contribution in [0.5, 0.6) is 0 Å². The van der Waals surface area contributed by atoms with Gasteiger partial charge in [-0.1, -0.05) is 18.2 Å². The minimum absolute atomic E-state index is 0.00127. The third kappa shape index (κ3) is 2.50. The standard InChI is InChI=1S/C18H23N3O3/c1-20-15-6-4-3-5-14(15)16(19-20)17(22)21-11-18(12-21)9-13(10-24-18)7-8-23-2/h3-6,13H,7-12H2,1-2H3. The van der Waals surface area contributed by atoms with Crippen LogP contribution < -0.4 is 0 Å². The van der Waals surface area contributed by atoms with Crippen LogP contribution in [0.1, 0.15) is 23.3 Å². The van der Waals surface area contributed by atoms with E-state index in [-0.39, 0.29) is 11.5 Å². The van der Waals surface area contributed by atoms with Gasteiger partial charge in [0.2, 0.25) is 0 Å². The number of aromatic nitrogens is 2. The first-order chi connectivity index (χ1) is 11.6. The highest BCUT2D eigenvalue weighted by atomic mass is 16.5. The molecule has 4 rings (SSSR count). The van der Waals surface area contributed by atoms with E-state index in [2.05, 4.69) is 5.10 Å². The molecule has 1 aromatic carbocycles. The Morgan fingerprint density at radius 2 is 2.21 bits per heavy atom. The van der Waals surface area contributed by atoms with Gasteiger partial charge >= 0.3 is 0 Å². The predicted molar refractivity (Wildman–Crippen MR) is 89.9 cm³/mol. The van der Waals surface area contributed by atoms with Crippen LogP contribution in [0.2, 0.25) is 0 Å². The highest BCUT2D eigenvalue weighted by Crippen LogP contribution is 2.39. The van der Waals surface area contributed by atoms with Crippen LogP contribution >= 0.6 is 0 Å². The normalized spacial score (nSPS) is 22.2. The molecule has 3 heterocycles. The quantitative estimate of drug-likeness (QED) is 0.859. The molecular formula is C18H23N3O3. The fourth-order valence-corrected chi connectivity index (χ4v) is 3.94. The molecule has 0 bridgehead atoms. The number of rotatable bonds is 4. The summed E-state index contributed by atoms with van der Waals surface area (Å²) in [7, 11) is 3.60. The monoisotopic (exact) mass is 329 g/mol. The first-order valence-electron chi connectivity index (χ1n) is 8.46. The molecule has 1 spiro atoms. The largest absolute Gasteiger partial charge is 0.385 e. The third-order valence-corrected chi connectivity index (χ3v) is 5.22. The zero-order valence-corrected chi connectivity index (χ0v) is 14.2. The van der Waals surface area contributed by atoms with Crippen molar-refractivity contribution in [3.63, 3.8) is 0 Å². The molecule has 24 heavy (non-hydrogen) atoms. The summed E-state index contributed by atoms with van der Waals surface area (Å²) in [5.41, 5.74) is 1.38. The molecule has 2 aromatic rings. The summed E-state index contributed by atoms with van der Waals surface area (Å²) in [6, 6.07) is 7.84. The predicted octanol–water partition coefficient (Wildman–Crippen LogP) is 1.84. The van der Waals surface area contributed by atoms with Gasteiger partial charge in [0.25, 0.3) is 5.91 Å². The van der Waals surface area contributed by atoms with Crippen LogP contribution in [0.15, 0.2) is 24.3 Å². The van der Waals surface area contributed by atoms with Gasteiger partial charge < -0.3 is 14.4 Å². The molecular weight excluding hydrogens is 306 g/mol. The number of carbonyl (C=O) groups excluding carboxylic acids is 1. The van der Waals surface area contributed by atoms with E-state index >= 15 is 0 Å². The van der Waals surface area contributed by atoms with Crippen LogP contribution in [0.4, 0.5) is 0 Å². The fraction of sp³-hybridized carbons (Fsp3) is 0.556. The van der Waals surface area contributed by atoms with Gasteiger partial charge in [-0.25, -0.2) is 0 Å². The Hall–Kier alpha value is -1.92. The van der Waals surface area contributed by atoms with Crippen molar-refractivity contribution in [1.29, 1.82) is 0 Å². The van der Waals surface area contributed by atoms with Crippen molar-refractivity contribution >= 4 is 16.8 Å². The van der Waals surface area contributed by atoms with Crippen molar-refractivity contribution in [2.45, 2.75) is 18.4 Å². The number of likely N-dealkylation sites (tertiary alicyclic amines) is 1. The molecule has 2 saturated heterocycles. The lowest BCUT2D eigenvalue weighted by Crippen LogP contribution is -2.63. The number of hydrogen-bond donors (Lipinski definition) is 0. The van der Waals surface area contributed by atoms with Crippen molar-refractivity contribution in [2.24, 2.45) is 13.0 Å². The average Bonchev–Trinajstić information content (AvgIpc) is 3.14. The molecule has 1 unspecified atom stereocenters. The maximum atomic E-state index is 12.8. The maximum absolute atomic E-state index is 12.8. The van der Waals surface area contributed by atoms with Gasteiger partial charge in [-0.3, -0.25) is 9.48 Å². The van der Waals surface area contributed by atoms with Crippen LogP contribution in [-0.2, 0) is 16.5 Å². The summed E-state index contributed by atoms with van der Waals surface area (Å²) in [6.45, 7) is 2.88. The SMILES string of the molecule is COCCC1COC2(C1)CN(C(=O)c1nn(C)c3ccccc13)C2. The molecule has 1 aromatic heterocycles. The van der Waals surface area contributed by atoms with Crippen LogP contribution in [0.25, 0.3) is 10.9 Å². The zero-order chi connectivity index (χ0) is 16.7. The summed E-state index contributed by atoms with van der Waals surface area (Å²) >= 11 is 0. The van der Waals surface area contributed by atoms with Crippen LogP contribution in [0.3, 0.4) is 0 Å². The van der Waals surface area contributed by atoms with E-state index in [1.54, 1.807) is 11.8 Å². The second-order valence-electron chi connectivity index (χ2n) is 7.00. The lowest BCUT2D eigenvalue weighted by molar-refractivity contribution is -0.0951. The highest BCUT2D eigenvalue weighted by Gasteiger charge is 2.51. The topological polar surface area (TPSA) is 56.6 Å². The van der Waals surface area contributed by atoms with E-state index in [4.69, 9.17) is 9.47 Å². The summed E-state index contributed by atoms with van der Waals surface area (Å²) in [5, 5.41) is 5.34. The minimum Gasteiger partial charge on any atom is -0.385 e. The smallest absolute Gasteiger partial charge is 0.275 e. The number of para-hydroxylation sites is 1. The van der Waals surface area contributed by atoms with Gasteiger partial charge in [-0.2, -0.15) is 5.10 Å². The van der Waals surface area contributed by atoms with Crippen molar-refractivity contribution < 1.29 is 14.3 Å². The van der Waals surface area contributed by atoms with E-state index in [9.17, 15) is 4.79 Å². The molecule has 128 valence electrons. The Bertz CT molecular complexity index is 764. The lowest BCUT2D eigenvalue weighted by Gasteiger charge is -2.46. The van der Waals surface area contributed by atoms with E-state index in [0.29, 0.717) is 24.7 Å². The van der Waals surface area contributed by atoms with Crippen molar-refractivity contribution in [3.8, 4) is 0 Å². The van der Waals surface area contributed by atoms with Gasteiger partial charge in [-0.15, -0.1) is 0 Å². The molecule has 0 N–H and O–H groups in total. The lowest BCUT2D eigenvalue weighted by atomic mass is 9.86. The molecule has 1 amide bonds. The van der Waals surface area contributed by atoms with E-state index in [1.807, 2.05) is 36.2 Å². The van der Waals surface area contributed by atoms with Gasteiger partial charge in [0, 0.05) is 26.2 Å². The number of ether oxygens (including phenoxy) is 2. The minimum atomic E-state index is -0.140. The Balaban J connectivity index is 1.44. The molecule has 0 radical (unpaired) electrons. The fourth-order valence-electron chi connectivity index (χ4n) is 3.94. The number of hydrogen-bond acceptors (Lipinski definition) is 4. The van der Waals surface area contributed by atoms with Crippen molar-refractivity contribution in [2.75, 3.05) is 33.4 Å². The number of aryl methyl sites for hydroxylation is 1. The number of methoxy groups -OCH3 is 1. The number of amides is 1. The number of benzene rings is 1. The summed E-state index contributed by atoms with van der Waals surface area (Å²) in [5.74, 6) is 0.541. The van der Waals surface area contributed by atoms with E-state index in [1.165, 1.54) is 0 Å². The second kappa shape index (κ2) is 5.86.